The molecule has 0 unspecified atom stereocenters. The van der Waals surface area contributed by atoms with Gasteiger partial charge in [-0.05, 0) is 45.3 Å². The van der Waals surface area contributed by atoms with Crippen molar-refractivity contribution >= 4 is 32.9 Å². The summed E-state index contributed by atoms with van der Waals surface area (Å²) in [5.74, 6) is 1.35. The topological polar surface area (TPSA) is 34.1 Å². The Morgan fingerprint density at radius 2 is 1.24 bits per heavy atom. The van der Waals surface area contributed by atoms with Gasteiger partial charge in [0.25, 0.3) is 0 Å². The highest BCUT2D eigenvalue weighted by atomic mass is 16.5. The standard InChI is InChI=1S/C35H30N2O/c1-35(2,3)30-19-8-9-21-32(30)38-34-33(37-31-20-11-15-25-13-5-7-17-27(25)31)29(22-23-36-34)28-18-10-14-24-12-4-6-16-26(24)28/h4-23,37H,1-3H3. The number of nitrogens with one attached hydrogen (secondary N) is 1. The molecule has 1 N–H and O–H groups in total. The minimum absolute atomic E-state index is 0.0763. The molecule has 0 fully saturated rings. The Bertz CT molecular complexity index is 1750. The number of ether oxygens (including phenoxy) is 1. The van der Waals surface area contributed by atoms with E-state index in [9.17, 15) is 0 Å². The number of fused-ring (bicyclic) bond motifs is 2. The summed E-state index contributed by atoms with van der Waals surface area (Å²) < 4.78 is 6.65. The highest BCUT2D eigenvalue weighted by molar-refractivity contribution is 6.02. The lowest BCUT2D eigenvalue weighted by Crippen LogP contribution is -2.12. The van der Waals surface area contributed by atoms with E-state index < -0.39 is 0 Å². The molecule has 0 aliphatic heterocycles. The zero-order valence-electron chi connectivity index (χ0n) is 21.9. The number of anilines is 2. The smallest absolute Gasteiger partial charge is 0.243 e. The van der Waals surface area contributed by atoms with Gasteiger partial charge in [-0.2, -0.15) is 0 Å². The summed E-state index contributed by atoms with van der Waals surface area (Å²) in [5, 5.41) is 8.43. The van der Waals surface area contributed by atoms with Gasteiger partial charge < -0.3 is 10.1 Å². The molecule has 0 spiro atoms. The number of aromatic nitrogens is 1. The second kappa shape index (κ2) is 9.68. The van der Waals surface area contributed by atoms with Crippen LogP contribution in [0.1, 0.15) is 26.3 Å². The molecule has 186 valence electrons. The quantitative estimate of drug-likeness (QED) is 0.259. The second-order valence-corrected chi connectivity index (χ2v) is 10.6. The molecule has 38 heavy (non-hydrogen) atoms. The third kappa shape index (κ3) is 4.48. The molecule has 3 heteroatoms. The maximum atomic E-state index is 6.65. The maximum absolute atomic E-state index is 6.65. The van der Waals surface area contributed by atoms with Crippen LogP contribution in [0.15, 0.2) is 121 Å². The molecule has 3 nitrogen and oxygen atoms in total. The molecule has 1 aromatic heterocycles. The fraction of sp³-hybridized carbons (Fsp3) is 0.114. The van der Waals surface area contributed by atoms with Crippen LogP contribution in [0.3, 0.4) is 0 Å². The van der Waals surface area contributed by atoms with E-state index in [0.717, 1.165) is 39.2 Å². The van der Waals surface area contributed by atoms with Crippen LogP contribution in [-0.2, 0) is 5.41 Å². The Morgan fingerprint density at radius 1 is 0.605 bits per heavy atom. The van der Waals surface area contributed by atoms with Crippen molar-refractivity contribution in [3.63, 3.8) is 0 Å². The van der Waals surface area contributed by atoms with Crippen molar-refractivity contribution in [2.75, 3.05) is 5.32 Å². The average molecular weight is 495 g/mol. The van der Waals surface area contributed by atoms with Crippen molar-refractivity contribution in [2.45, 2.75) is 26.2 Å². The molecule has 0 bridgehead atoms. The first-order chi connectivity index (χ1) is 18.5. The molecule has 0 amide bonds. The fourth-order valence-corrected chi connectivity index (χ4v) is 5.07. The Kier molecular flexibility index (Phi) is 6.05. The molecule has 5 aromatic carbocycles. The minimum atomic E-state index is -0.0763. The highest BCUT2D eigenvalue weighted by Crippen LogP contribution is 2.43. The molecule has 6 rings (SSSR count). The molecule has 6 aromatic rings. The first kappa shape index (κ1) is 23.7. The summed E-state index contributed by atoms with van der Waals surface area (Å²) in [6, 6.07) is 39.9. The van der Waals surface area contributed by atoms with Crippen LogP contribution < -0.4 is 10.1 Å². The van der Waals surface area contributed by atoms with Crippen LogP contribution in [-0.4, -0.2) is 4.98 Å². The van der Waals surface area contributed by atoms with E-state index in [-0.39, 0.29) is 5.41 Å². The van der Waals surface area contributed by atoms with Gasteiger partial charge in [-0.25, -0.2) is 4.98 Å². The van der Waals surface area contributed by atoms with E-state index in [1.807, 2.05) is 18.3 Å². The molecular weight excluding hydrogens is 464 g/mol. The molecule has 0 radical (unpaired) electrons. The number of para-hydroxylation sites is 1. The third-order valence-corrected chi connectivity index (χ3v) is 6.95. The first-order valence-electron chi connectivity index (χ1n) is 13.0. The zero-order valence-corrected chi connectivity index (χ0v) is 21.9. The van der Waals surface area contributed by atoms with Crippen LogP contribution in [0.25, 0.3) is 32.7 Å². The number of hydrogen-bond acceptors (Lipinski definition) is 3. The zero-order chi connectivity index (χ0) is 26.1. The largest absolute Gasteiger partial charge is 0.437 e. The van der Waals surface area contributed by atoms with Gasteiger partial charge in [0.05, 0.1) is 0 Å². The molecule has 0 aliphatic carbocycles. The van der Waals surface area contributed by atoms with E-state index in [4.69, 9.17) is 9.72 Å². The summed E-state index contributed by atoms with van der Waals surface area (Å²) in [6.07, 6.45) is 1.83. The van der Waals surface area contributed by atoms with Crippen molar-refractivity contribution < 1.29 is 4.74 Å². The normalized spacial score (nSPS) is 11.6. The van der Waals surface area contributed by atoms with Gasteiger partial charge in [0.1, 0.15) is 11.4 Å². The number of rotatable bonds is 5. The molecule has 0 saturated heterocycles. The predicted molar refractivity (Wildman–Crippen MR) is 160 cm³/mol. The number of pyridine rings is 1. The monoisotopic (exact) mass is 494 g/mol. The van der Waals surface area contributed by atoms with Crippen molar-refractivity contribution in [3.05, 3.63) is 127 Å². The second-order valence-electron chi connectivity index (χ2n) is 10.6. The predicted octanol–water partition coefficient (Wildman–Crippen LogP) is 9.89. The van der Waals surface area contributed by atoms with Crippen LogP contribution in [0, 0.1) is 0 Å². The van der Waals surface area contributed by atoms with Gasteiger partial charge in [-0.3, -0.25) is 0 Å². The van der Waals surface area contributed by atoms with Crippen molar-refractivity contribution in [2.24, 2.45) is 0 Å². The summed E-state index contributed by atoms with van der Waals surface area (Å²) in [6.45, 7) is 6.60. The molecule has 0 aliphatic rings. The van der Waals surface area contributed by atoms with E-state index in [1.54, 1.807) is 0 Å². The molecule has 1 heterocycles. The lowest BCUT2D eigenvalue weighted by Gasteiger charge is -2.24. The summed E-state index contributed by atoms with van der Waals surface area (Å²) >= 11 is 0. The SMILES string of the molecule is CC(C)(C)c1ccccc1Oc1nccc(-c2cccc3ccccc23)c1Nc1cccc2ccccc12. The van der Waals surface area contributed by atoms with Crippen molar-refractivity contribution in [1.29, 1.82) is 0 Å². The summed E-state index contributed by atoms with van der Waals surface area (Å²) in [7, 11) is 0. The van der Waals surface area contributed by atoms with E-state index in [0.29, 0.717) is 5.88 Å². The molecule has 0 saturated carbocycles. The van der Waals surface area contributed by atoms with Crippen LogP contribution in [0.4, 0.5) is 11.4 Å². The summed E-state index contributed by atoms with van der Waals surface area (Å²) in [4.78, 5) is 4.75. The van der Waals surface area contributed by atoms with E-state index in [1.165, 1.54) is 16.2 Å². The van der Waals surface area contributed by atoms with Gasteiger partial charge in [0, 0.05) is 28.4 Å². The van der Waals surface area contributed by atoms with Gasteiger partial charge in [-0.1, -0.05) is 118 Å². The lowest BCUT2D eigenvalue weighted by atomic mass is 9.86. The van der Waals surface area contributed by atoms with Gasteiger partial charge in [-0.15, -0.1) is 0 Å². The van der Waals surface area contributed by atoms with Gasteiger partial charge >= 0.3 is 0 Å². The lowest BCUT2D eigenvalue weighted by molar-refractivity contribution is 0.442. The van der Waals surface area contributed by atoms with Crippen molar-refractivity contribution in [3.8, 4) is 22.8 Å². The Balaban J connectivity index is 1.57. The van der Waals surface area contributed by atoms with Crippen LogP contribution in [0.2, 0.25) is 0 Å². The highest BCUT2D eigenvalue weighted by Gasteiger charge is 2.22. The van der Waals surface area contributed by atoms with Crippen LogP contribution in [0.5, 0.6) is 11.6 Å². The number of nitrogens with zero attached hydrogens (tertiary/aromatic N) is 1. The first-order valence-corrected chi connectivity index (χ1v) is 13.0. The van der Waals surface area contributed by atoms with Crippen LogP contribution >= 0.6 is 0 Å². The van der Waals surface area contributed by atoms with Gasteiger partial charge in [0.2, 0.25) is 5.88 Å². The van der Waals surface area contributed by atoms with E-state index >= 15 is 0 Å². The summed E-state index contributed by atoms with van der Waals surface area (Å²) in [5.41, 5.74) is 5.06. The minimum Gasteiger partial charge on any atom is -0.437 e. The van der Waals surface area contributed by atoms with E-state index in [2.05, 4.69) is 129 Å². The molecule has 0 atom stereocenters. The van der Waals surface area contributed by atoms with Gasteiger partial charge in [0.15, 0.2) is 0 Å². The Hall–Kier alpha value is -4.63. The fourth-order valence-electron chi connectivity index (χ4n) is 5.07. The molecular formula is C35H30N2O. The Labute approximate surface area is 223 Å². The number of hydrogen-bond donors (Lipinski definition) is 1. The van der Waals surface area contributed by atoms with Crippen molar-refractivity contribution in [1.82, 2.24) is 4.98 Å². The maximum Gasteiger partial charge on any atom is 0.243 e. The average Bonchev–Trinajstić information content (AvgIpc) is 2.93. The third-order valence-electron chi connectivity index (χ3n) is 6.95. The Morgan fingerprint density at radius 3 is 2.03 bits per heavy atom. The number of benzene rings is 5.